The lowest BCUT2D eigenvalue weighted by atomic mass is 10.1. The zero-order valence-electron chi connectivity index (χ0n) is 16.1. The van der Waals surface area contributed by atoms with Crippen LogP contribution in [0.2, 0.25) is 5.02 Å². The van der Waals surface area contributed by atoms with Crippen LogP contribution in [0, 0.1) is 11.3 Å². The highest BCUT2D eigenvalue weighted by atomic mass is 35.5. The van der Waals surface area contributed by atoms with E-state index >= 15 is 0 Å². The van der Waals surface area contributed by atoms with E-state index in [9.17, 15) is 0 Å². The standard InChI is InChI=1S/C21H25ClN6/c1-13(2)20(23)28-17-6-4-5-16(12-17)27-19-8-7-15(11-18(19)22)14(3)26-21-24-9-10-25-21/h4-8,11-13,27H,3,9-10H2,1-2H3,(H2,23,28)(H2,24,25,26). The van der Waals surface area contributed by atoms with Crippen molar-refractivity contribution in [1.29, 1.82) is 5.41 Å². The number of amidine groups is 1. The lowest BCUT2D eigenvalue weighted by molar-refractivity contribution is 0.873. The predicted molar refractivity (Wildman–Crippen MR) is 120 cm³/mol. The Bertz CT molecular complexity index is 911. The zero-order chi connectivity index (χ0) is 20.1. The molecule has 0 spiro atoms. The molecule has 0 saturated carbocycles. The maximum Gasteiger partial charge on any atom is 0.196 e. The van der Waals surface area contributed by atoms with Crippen LogP contribution < -0.4 is 21.3 Å². The number of nitrogens with zero attached hydrogens (tertiary/aromatic N) is 1. The highest BCUT2D eigenvalue weighted by Crippen LogP contribution is 2.30. The summed E-state index contributed by atoms with van der Waals surface area (Å²) >= 11 is 6.47. The maximum absolute atomic E-state index is 7.97. The molecule has 28 heavy (non-hydrogen) atoms. The van der Waals surface area contributed by atoms with Crippen LogP contribution in [0.3, 0.4) is 0 Å². The fourth-order valence-electron chi connectivity index (χ4n) is 2.63. The first-order chi connectivity index (χ1) is 13.4. The lowest BCUT2D eigenvalue weighted by Crippen LogP contribution is -2.23. The molecule has 1 heterocycles. The van der Waals surface area contributed by atoms with E-state index in [-0.39, 0.29) is 5.92 Å². The van der Waals surface area contributed by atoms with E-state index in [1.807, 2.05) is 56.3 Å². The summed E-state index contributed by atoms with van der Waals surface area (Å²) in [6, 6.07) is 13.5. The molecule has 0 amide bonds. The van der Waals surface area contributed by atoms with Gasteiger partial charge in [-0.2, -0.15) is 0 Å². The summed E-state index contributed by atoms with van der Waals surface area (Å²) in [5.41, 5.74) is 4.04. The van der Waals surface area contributed by atoms with E-state index in [4.69, 9.17) is 17.0 Å². The van der Waals surface area contributed by atoms with Gasteiger partial charge in [0.05, 0.1) is 16.4 Å². The van der Waals surface area contributed by atoms with Gasteiger partial charge in [0.1, 0.15) is 5.84 Å². The number of hydrogen-bond acceptors (Lipinski definition) is 3. The van der Waals surface area contributed by atoms with Gasteiger partial charge >= 0.3 is 0 Å². The van der Waals surface area contributed by atoms with Crippen LogP contribution in [-0.4, -0.2) is 24.9 Å². The van der Waals surface area contributed by atoms with Crippen LogP contribution in [-0.2, 0) is 0 Å². The van der Waals surface area contributed by atoms with Gasteiger partial charge < -0.3 is 21.3 Å². The molecule has 1 saturated heterocycles. The predicted octanol–water partition coefficient (Wildman–Crippen LogP) is 4.65. The van der Waals surface area contributed by atoms with Crippen molar-refractivity contribution in [1.82, 2.24) is 10.6 Å². The molecular weight excluding hydrogens is 372 g/mol. The molecule has 1 aliphatic rings. The van der Waals surface area contributed by atoms with Crippen LogP contribution in [0.25, 0.3) is 5.70 Å². The summed E-state index contributed by atoms with van der Waals surface area (Å²) in [6.07, 6.45) is 0. The molecule has 2 aromatic rings. The second-order valence-corrected chi connectivity index (χ2v) is 7.26. The number of rotatable bonds is 6. The van der Waals surface area contributed by atoms with Gasteiger partial charge in [-0.15, -0.1) is 0 Å². The van der Waals surface area contributed by atoms with Gasteiger partial charge in [0.15, 0.2) is 5.96 Å². The smallest absolute Gasteiger partial charge is 0.196 e. The minimum atomic E-state index is 0.143. The Kier molecular flexibility index (Phi) is 6.21. The number of anilines is 3. The molecule has 6 nitrogen and oxygen atoms in total. The van der Waals surface area contributed by atoms with E-state index < -0.39 is 0 Å². The summed E-state index contributed by atoms with van der Waals surface area (Å²) in [5, 5.41) is 21.3. The molecule has 0 atom stereocenters. The van der Waals surface area contributed by atoms with Crippen molar-refractivity contribution in [2.45, 2.75) is 13.8 Å². The van der Waals surface area contributed by atoms with E-state index in [1.165, 1.54) is 0 Å². The second-order valence-electron chi connectivity index (χ2n) is 6.85. The van der Waals surface area contributed by atoms with Crippen molar-refractivity contribution >= 4 is 46.2 Å². The highest BCUT2D eigenvalue weighted by molar-refractivity contribution is 6.33. The Labute approximate surface area is 170 Å². The molecule has 0 unspecified atom stereocenters. The normalized spacial score (nSPS) is 12.9. The first kappa shape index (κ1) is 19.8. The van der Waals surface area contributed by atoms with Gasteiger partial charge in [-0.25, -0.2) is 4.99 Å². The molecule has 0 bridgehead atoms. The van der Waals surface area contributed by atoms with Gasteiger partial charge in [0, 0.05) is 35.9 Å². The van der Waals surface area contributed by atoms with E-state index in [2.05, 4.69) is 32.8 Å². The van der Waals surface area contributed by atoms with Crippen LogP contribution in [0.1, 0.15) is 19.4 Å². The third kappa shape index (κ3) is 5.04. The summed E-state index contributed by atoms with van der Waals surface area (Å²) < 4.78 is 0. The van der Waals surface area contributed by atoms with Crippen molar-refractivity contribution in [3.63, 3.8) is 0 Å². The average Bonchev–Trinajstić information content (AvgIpc) is 3.16. The minimum absolute atomic E-state index is 0.143. The summed E-state index contributed by atoms with van der Waals surface area (Å²) in [5.74, 6) is 1.36. The van der Waals surface area contributed by atoms with Gasteiger partial charge in [0.2, 0.25) is 0 Å². The topological polar surface area (TPSA) is 84.3 Å². The zero-order valence-corrected chi connectivity index (χ0v) is 16.8. The summed E-state index contributed by atoms with van der Waals surface area (Å²) in [6.45, 7) is 9.71. The average molecular weight is 397 g/mol. The molecule has 0 aliphatic carbocycles. The van der Waals surface area contributed by atoms with Crippen molar-refractivity contribution in [3.05, 3.63) is 59.6 Å². The highest BCUT2D eigenvalue weighted by Gasteiger charge is 2.09. The van der Waals surface area contributed by atoms with Crippen molar-refractivity contribution in [2.24, 2.45) is 10.9 Å². The fraction of sp³-hybridized carbons (Fsp3) is 0.238. The summed E-state index contributed by atoms with van der Waals surface area (Å²) in [7, 11) is 0. The number of guanidine groups is 1. The van der Waals surface area contributed by atoms with Crippen LogP contribution in [0.15, 0.2) is 54.0 Å². The quantitative estimate of drug-likeness (QED) is 0.363. The molecule has 3 rings (SSSR count). The SMILES string of the molecule is C=C(N=C1NCCN1)c1ccc(Nc2cccc(NC(=N)C(C)C)c2)c(Cl)c1. The molecule has 2 aromatic carbocycles. The Hall–Kier alpha value is -2.99. The van der Waals surface area contributed by atoms with Crippen molar-refractivity contribution in [3.8, 4) is 0 Å². The maximum atomic E-state index is 7.97. The van der Waals surface area contributed by atoms with E-state index in [0.717, 1.165) is 41.7 Å². The Morgan fingerprint density at radius 2 is 1.86 bits per heavy atom. The Balaban J connectivity index is 1.72. The van der Waals surface area contributed by atoms with Crippen molar-refractivity contribution in [2.75, 3.05) is 23.7 Å². The molecule has 146 valence electrons. The first-order valence-electron chi connectivity index (χ1n) is 9.20. The molecule has 7 heteroatoms. The number of halogens is 1. The van der Waals surface area contributed by atoms with Gasteiger partial charge in [-0.1, -0.05) is 44.2 Å². The Morgan fingerprint density at radius 3 is 2.54 bits per heavy atom. The number of nitrogens with one attached hydrogen (secondary N) is 5. The van der Waals surface area contributed by atoms with E-state index in [0.29, 0.717) is 16.6 Å². The van der Waals surface area contributed by atoms with E-state index in [1.54, 1.807) is 0 Å². The lowest BCUT2D eigenvalue weighted by Gasteiger charge is -2.14. The number of aliphatic imine (C=N–C) groups is 1. The monoisotopic (exact) mass is 396 g/mol. The van der Waals surface area contributed by atoms with Crippen LogP contribution in [0.5, 0.6) is 0 Å². The second kappa shape index (κ2) is 8.80. The molecule has 5 N–H and O–H groups in total. The van der Waals surface area contributed by atoms with Crippen LogP contribution >= 0.6 is 11.6 Å². The largest absolute Gasteiger partial charge is 0.354 e. The Morgan fingerprint density at radius 1 is 1.14 bits per heavy atom. The van der Waals surface area contributed by atoms with Crippen LogP contribution in [0.4, 0.5) is 17.1 Å². The first-order valence-corrected chi connectivity index (χ1v) is 9.58. The third-order valence-corrected chi connectivity index (χ3v) is 4.57. The minimum Gasteiger partial charge on any atom is -0.354 e. The molecule has 0 radical (unpaired) electrons. The van der Waals surface area contributed by atoms with Gasteiger partial charge in [-0.3, -0.25) is 5.41 Å². The molecule has 0 aromatic heterocycles. The summed E-state index contributed by atoms with van der Waals surface area (Å²) in [4.78, 5) is 4.45. The molecule has 1 aliphatic heterocycles. The third-order valence-electron chi connectivity index (χ3n) is 4.26. The molecular formula is C21H25ClN6. The van der Waals surface area contributed by atoms with Gasteiger partial charge in [0.25, 0.3) is 0 Å². The van der Waals surface area contributed by atoms with Gasteiger partial charge in [-0.05, 0) is 30.3 Å². The fourth-order valence-corrected chi connectivity index (χ4v) is 2.86. The number of benzene rings is 2. The van der Waals surface area contributed by atoms with Crippen molar-refractivity contribution < 1.29 is 0 Å². The number of hydrogen-bond donors (Lipinski definition) is 5. The molecule has 1 fully saturated rings.